The molecule has 0 unspecified atom stereocenters. The Kier molecular flexibility index (Phi) is 10.2. The van der Waals surface area contributed by atoms with Gasteiger partial charge in [0, 0.05) is 32.5 Å². The Morgan fingerprint density at radius 2 is 1.77 bits per heavy atom. The van der Waals surface area contributed by atoms with Crippen molar-refractivity contribution in [2.75, 3.05) is 27.8 Å². The average molecular weight is 535 g/mol. The summed E-state index contributed by atoms with van der Waals surface area (Å²) in [6.45, 7) is 2.13. The van der Waals surface area contributed by atoms with Crippen molar-refractivity contribution in [3.8, 4) is 11.5 Å². The number of nitrogens with one attached hydrogen (secondary N) is 2. The molecule has 0 spiro atoms. The zero-order chi connectivity index (χ0) is 21.2. The maximum absolute atomic E-state index is 5.37. The second-order valence-corrected chi connectivity index (χ2v) is 6.75. The van der Waals surface area contributed by atoms with E-state index in [0.717, 1.165) is 48.4 Å². The van der Waals surface area contributed by atoms with Crippen LogP contribution >= 0.6 is 24.0 Å². The normalized spacial score (nSPS) is 10.9. The highest BCUT2D eigenvalue weighted by molar-refractivity contribution is 14.0. The van der Waals surface area contributed by atoms with E-state index in [0.29, 0.717) is 6.54 Å². The number of imidazole rings is 1. The van der Waals surface area contributed by atoms with Gasteiger partial charge in [-0.05, 0) is 29.7 Å². The molecule has 1 aromatic heterocycles. The molecule has 3 aromatic rings. The maximum Gasteiger partial charge on any atom is 0.191 e. The van der Waals surface area contributed by atoms with Crippen LogP contribution in [0.25, 0.3) is 0 Å². The molecule has 0 saturated heterocycles. The smallest absolute Gasteiger partial charge is 0.191 e. The summed E-state index contributed by atoms with van der Waals surface area (Å²) < 4.78 is 12.8. The first kappa shape index (κ1) is 24.5. The van der Waals surface area contributed by atoms with Gasteiger partial charge < -0.3 is 24.7 Å². The van der Waals surface area contributed by atoms with Crippen LogP contribution in [0.15, 0.2) is 65.9 Å². The molecule has 1 heterocycles. The predicted octanol–water partition coefficient (Wildman–Crippen LogP) is 3.47. The maximum atomic E-state index is 5.37. The number of aromatic nitrogens is 2. The molecule has 31 heavy (non-hydrogen) atoms. The summed E-state index contributed by atoms with van der Waals surface area (Å²) in [6.07, 6.45) is 4.66. The van der Waals surface area contributed by atoms with Crippen molar-refractivity contribution < 1.29 is 9.47 Å². The van der Waals surface area contributed by atoms with Crippen LogP contribution < -0.4 is 20.1 Å². The molecule has 0 saturated carbocycles. The molecule has 2 aromatic carbocycles. The van der Waals surface area contributed by atoms with Crippen LogP contribution in [-0.2, 0) is 19.5 Å². The quantitative estimate of drug-likeness (QED) is 0.250. The van der Waals surface area contributed by atoms with Gasteiger partial charge >= 0.3 is 0 Å². The van der Waals surface area contributed by atoms with E-state index in [4.69, 9.17) is 9.47 Å². The second kappa shape index (κ2) is 12.8. The van der Waals surface area contributed by atoms with Crippen LogP contribution in [0.1, 0.15) is 17.0 Å². The summed E-state index contributed by atoms with van der Waals surface area (Å²) >= 11 is 0. The van der Waals surface area contributed by atoms with Crippen LogP contribution in [-0.4, -0.2) is 43.3 Å². The van der Waals surface area contributed by atoms with Crippen molar-refractivity contribution in [2.45, 2.75) is 19.5 Å². The van der Waals surface area contributed by atoms with Gasteiger partial charge in [-0.15, -0.1) is 24.0 Å². The fraction of sp³-hybridized carbons (Fsp3) is 0.304. The third-order valence-corrected chi connectivity index (χ3v) is 4.79. The lowest BCUT2D eigenvalue weighted by atomic mass is 10.1. The number of benzene rings is 2. The lowest BCUT2D eigenvalue weighted by molar-refractivity contribution is 0.354. The van der Waals surface area contributed by atoms with Crippen molar-refractivity contribution in [1.82, 2.24) is 20.2 Å². The highest BCUT2D eigenvalue weighted by Crippen LogP contribution is 2.27. The lowest BCUT2D eigenvalue weighted by Gasteiger charge is -2.14. The zero-order valence-corrected chi connectivity index (χ0v) is 20.5. The number of hydrogen-bond acceptors (Lipinski definition) is 4. The number of guanidine groups is 1. The van der Waals surface area contributed by atoms with Gasteiger partial charge in [0.1, 0.15) is 5.82 Å². The fourth-order valence-electron chi connectivity index (χ4n) is 3.18. The number of rotatable bonds is 9. The molecular formula is C23H30IN5O2. The Labute approximate surface area is 200 Å². The average Bonchev–Trinajstić information content (AvgIpc) is 3.23. The lowest BCUT2D eigenvalue weighted by Crippen LogP contribution is -2.38. The first-order valence-electron chi connectivity index (χ1n) is 9.93. The Morgan fingerprint density at radius 3 is 2.48 bits per heavy atom. The van der Waals surface area contributed by atoms with E-state index < -0.39 is 0 Å². The Bertz CT molecular complexity index is 960. The molecule has 0 bridgehead atoms. The van der Waals surface area contributed by atoms with Gasteiger partial charge in [0.2, 0.25) is 0 Å². The van der Waals surface area contributed by atoms with E-state index in [1.165, 1.54) is 5.56 Å². The first-order chi connectivity index (χ1) is 14.7. The fourth-order valence-corrected chi connectivity index (χ4v) is 3.18. The zero-order valence-electron chi connectivity index (χ0n) is 18.2. The molecule has 0 aliphatic carbocycles. The standard InChI is InChI=1S/C23H29N5O2.HI/c1-24-23(26-12-11-18-9-10-20(29-2)21(15-18)30-3)27-16-22-25-13-14-28(22)17-19-7-5-4-6-8-19;/h4-10,13-15H,11-12,16-17H2,1-3H3,(H2,24,26,27);1H. The molecule has 0 atom stereocenters. The molecule has 3 rings (SSSR count). The summed E-state index contributed by atoms with van der Waals surface area (Å²) in [7, 11) is 5.05. The number of ether oxygens (including phenoxy) is 2. The third kappa shape index (κ3) is 7.16. The SMILES string of the molecule is CN=C(NCCc1ccc(OC)c(OC)c1)NCc1nccn1Cc1ccccc1.I. The summed E-state index contributed by atoms with van der Waals surface area (Å²) in [5.74, 6) is 3.17. The van der Waals surface area contributed by atoms with E-state index >= 15 is 0 Å². The molecule has 0 fully saturated rings. The molecule has 0 amide bonds. The van der Waals surface area contributed by atoms with Crippen molar-refractivity contribution in [2.24, 2.45) is 4.99 Å². The van der Waals surface area contributed by atoms with E-state index in [2.05, 4.69) is 37.3 Å². The minimum absolute atomic E-state index is 0. The third-order valence-electron chi connectivity index (χ3n) is 4.79. The largest absolute Gasteiger partial charge is 0.493 e. The van der Waals surface area contributed by atoms with Crippen LogP contribution in [0, 0.1) is 0 Å². The van der Waals surface area contributed by atoms with Gasteiger partial charge in [-0.1, -0.05) is 36.4 Å². The van der Waals surface area contributed by atoms with Crippen molar-refractivity contribution in [3.63, 3.8) is 0 Å². The second-order valence-electron chi connectivity index (χ2n) is 6.75. The molecule has 166 valence electrons. The van der Waals surface area contributed by atoms with Gasteiger partial charge in [0.05, 0.1) is 20.8 Å². The van der Waals surface area contributed by atoms with Gasteiger partial charge in [-0.2, -0.15) is 0 Å². The monoisotopic (exact) mass is 535 g/mol. The number of methoxy groups -OCH3 is 2. The topological polar surface area (TPSA) is 72.7 Å². The molecule has 2 N–H and O–H groups in total. The summed E-state index contributed by atoms with van der Waals surface area (Å²) in [5.41, 5.74) is 2.41. The minimum atomic E-state index is 0. The van der Waals surface area contributed by atoms with Crippen molar-refractivity contribution in [1.29, 1.82) is 0 Å². The van der Waals surface area contributed by atoms with Gasteiger partial charge in [0.15, 0.2) is 17.5 Å². The number of nitrogens with zero attached hydrogens (tertiary/aromatic N) is 3. The van der Waals surface area contributed by atoms with E-state index in [9.17, 15) is 0 Å². The summed E-state index contributed by atoms with van der Waals surface area (Å²) in [6, 6.07) is 16.3. The summed E-state index contributed by atoms with van der Waals surface area (Å²) in [5, 5.41) is 6.68. The van der Waals surface area contributed by atoms with Crippen LogP contribution in [0.4, 0.5) is 0 Å². The number of aliphatic imine (C=N–C) groups is 1. The Balaban J connectivity index is 0.00000341. The number of hydrogen-bond donors (Lipinski definition) is 2. The molecule has 7 nitrogen and oxygen atoms in total. The van der Waals surface area contributed by atoms with E-state index in [-0.39, 0.29) is 24.0 Å². The Morgan fingerprint density at radius 1 is 1.00 bits per heavy atom. The Hall–Kier alpha value is -2.75. The highest BCUT2D eigenvalue weighted by Gasteiger charge is 2.07. The van der Waals surface area contributed by atoms with E-state index in [1.54, 1.807) is 21.3 Å². The van der Waals surface area contributed by atoms with Crippen LogP contribution in [0.3, 0.4) is 0 Å². The molecular weight excluding hydrogens is 505 g/mol. The van der Waals surface area contributed by atoms with Crippen LogP contribution in [0.2, 0.25) is 0 Å². The molecule has 0 aliphatic heterocycles. The molecule has 8 heteroatoms. The molecule has 0 radical (unpaired) electrons. The predicted molar refractivity (Wildman–Crippen MR) is 135 cm³/mol. The summed E-state index contributed by atoms with van der Waals surface area (Å²) in [4.78, 5) is 8.78. The van der Waals surface area contributed by atoms with Gasteiger partial charge in [-0.25, -0.2) is 4.98 Å². The van der Waals surface area contributed by atoms with Gasteiger partial charge in [0.25, 0.3) is 0 Å². The van der Waals surface area contributed by atoms with Crippen LogP contribution in [0.5, 0.6) is 11.5 Å². The van der Waals surface area contributed by atoms with Gasteiger partial charge in [-0.3, -0.25) is 4.99 Å². The van der Waals surface area contributed by atoms with Crippen molar-refractivity contribution >= 4 is 29.9 Å². The first-order valence-corrected chi connectivity index (χ1v) is 9.93. The van der Waals surface area contributed by atoms with Crippen molar-refractivity contribution in [3.05, 3.63) is 77.9 Å². The molecule has 0 aliphatic rings. The van der Waals surface area contributed by atoms with E-state index in [1.807, 2.05) is 48.8 Å². The minimum Gasteiger partial charge on any atom is -0.493 e. The number of halogens is 1. The highest BCUT2D eigenvalue weighted by atomic mass is 127.